The van der Waals surface area contributed by atoms with Gasteiger partial charge in [0.2, 0.25) is 0 Å². The molecule has 0 aliphatic heterocycles. The van der Waals surface area contributed by atoms with Crippen LogP contribution in [0.25, 0.3) is 0 Å². The minimum Gasteiger partial charge on any atom is -0.0651 e. The lowest BCUT2D eigenvalue weighted by Gasteiger charge is -2.39. The first-order valence-electron chi connectivity index (χ1n) is 9.29. The molecule has 3 rings (SSSR count). The molecule has 0 amide bonds. The second kappa shape index (κ2) is 6.19. The molecule has 3 aliphatic carbocycles. The van der Waals surface area contributed by atoms with Crippen LogP contribution in [-0.4, -0.2) is 0 Å². The van der Waals surface area contributed by atoms with Crippen LogP contribution in [0.4, 0.5) is 0 Å². The Labute approximate surface area is 120 Å². The third kappa shape index (κ3) is 2.88. The Kier molecular flexibility index (Phi) is 4.54. The van der Waals surface area contributed by atoms with Gasteiger partial charge in [0.05, 0.1) is 0 Å². The smallest absolute Gasteiger partial charge is 0.0355 e. The molecule has 0 radical (unpaired) electrons. The summed E-state index contributed by atoms with van der Waals surface area (Å²) in [5.41, 5.74) is 0. The van der Waals surface area contributed by atoms with Gasteiger partial charge < -0.3 is 0 Å². The van der Waals surface area contributed by atoms with Crippen molar-refractivity contribution in [2.75, 3.05) is 0 Å². The Morgan fingerprint density at radius 3 is 2.00 bits per heavy atom. The van der Waals surface area contributed by atoms with Gasteiger partial charge in [0, 0.05) is 0 Å². The van der Waals surface area contributed by atoms with E-state index in [0.29, 0.717) is 0 Å². The number of hydrogen-bond acceptors (Lipinski definition) is 0. The summed E-state index contributed by atoms with van der Waals surface area (Å²) in [5.74, 6) is 6.55. The highest BCUT2D eigenvalue weighted by Crippen LogP contribution is 2.52. The molecule has 5 unspecified atom stereocenters. The molecule has 0 bridgehead atoms. The third-order valence-electron chi connectivity index (χ3n) is 7.13. The second-order valence-electron chi connectivity index (χ2n) is 8.03. The van der Waals surface area contributed by atoms with Crippen molar-refractivity contribution in [2.45, 2.75) is 84.5 Å². The Bertz CT molecular complexity index is 268. The number of rotatable bonds is 3. The van der Waals surface area contributed by atoms with Gasteiger partial charge in [-0.15, -0.1) is 0 Å². The van der Waals surface area contributed by atoms with E-state index in [1.807, 2.05) is 0 Å². The van der Waals surface area contributed by atoms with Gasteiger partial charge in [-0.2, -0.15) is 0 Å². The van der Waals surface area contributed by atoms with E-state index in [0.717, 1.165) is 35.5 Å². The van der Waals surface area contributed by atoms with Crippen LogP contribution in [0.15, 0.2) is 0 Å². The molecular formula is C19H34. The second-order valence-corrected chi connectivity index (χ2v) is 8.03. The van der Waals surface area contributed by atoms with Crippen molar-refractivity contribution >= 4 is 0 Å². The fraction of sp³-hybridized carbons (Fsp3) is 1.00. The minimum atomic E-state index is 0.980. The van der Waals surface area contributed by atoms with Crippen LogP contribution in [0.3, 0.4) is 0 Å². The van der Waals surface area contributed by atoms with Crippen LogP contribution in [0, 0.1) is 35.5 Å². The lowest BCUT2D eigenvalue weighted by Crippen LogP contribution is -2.30. The Balaban J connectivity index is 1.66. The topological polar surface area (TPSA) is 0 Å². The van der Waals surface area contributed by atoms with Crippen LogP contribution in [0.5, 0.6) is 0 Å². The predicted molar refractivity (Wildman–Crippen MR) is 83.1 cm³/mol. The monoisotopic (exact) mass is 262 g/mol. The van der Waals surface area contributed by atoms with E-state index in [1.54, 1.807) is 38.5 Å². The molecule has 110 valence electrons. The summed E-state index contributed by atoms with van der Waals surface area (Å²) in [6.07, 6.45) is 17.0. The zero-order valence-electron chi connectivity index (χ0n) is 13.2. The van der Waals surface area contributed by atoms with Gasteiger partial charge in [-0.05, 0) is 61.2 Å². The van der Waals surface area contributed by atoms with Crippen molar-refractivity contribution in [2.24, 2.45) is 35.5 Å². The van der Waals surface area contributed by atoms with E-state index >= 15 is 0 Å². The first kappa shape index (κ1) is 14.0. The average molecular weight is 262 g/mol. The van der Waals surface area contributed by atoms with Gasteiger partial charge in [0.25, 0.3) is 0 Å². The zero-order valence-corrected chi connectivity index (χ0v) is 13.2. The summed E-state index contributed by atoms with van der Waals surface area (Å²) >= 11 is 0. The Morgan fingerprint density at radius 1 is 0.789 bits per heavy atom. The maximum atomic E-state index is 2.53. The summed E-state index contributed by atoms with van der Waals surface area (Å²) in [4.78, 5) is 0. The highest BCUT2D eigenvalue weighted by molar-refractivity contribution is 4.92. The Hall–Kier alpha value is 0. The molecule has 0 aromatic carbocycles. The molecule has 3 fully saturated rings. The minimum absolute atomic E-state index is 0.980. The zero-order chi connectivity index (χ0) is 13.2. The van der Waals surface area contributed by atoms with E-state index in [1.165, 1.54) is 32.1 Å². The van der Waals surface area contributed by atoms with E-state index in [2.05, 4.69) is 13.8 Å². The summed E-state index contributed by atoms with van der Waals surface area (Å²) in [6, 6.07) is 0. The van der Waals surface area contributed by atoms with Crippen LogP contribution in [-0.2, 0) is 0 Å². The molecular weight excluding hydrogens is 228 g/mol. The highest BCUT2D eigenvalue weighted by atomic mass is 14.5. The maximum absolute atomic E-state index is 2.53. The van der Waals surface area contributed by atoms with Crippen molar-refractivity contribution in [1.29, 1.82) is 0 Å². The van der Waals surface area contributed by atoms with Crippen LogP contribution < -0.4 is 0 Å². The predicted octanol–water partition coefficient (Wildman–Crippen LogP) is 6.06. The van der Waals surface area contributed by atoms with Crippen molar-refractivity contribution in [3.63, 3.8) is 0 Å². The van der Waals surface area contributed by atoms with E-state index < -0.39 is 0 Å². The third-order valence-corrected chi connectivity index (χ3v) is 7.13. The maximum Gasteiger partial charge on any atom is -0.0355 e. The first-order chi connectivity index (χ1) is 9.29. The summed E-state index contributed by atoms with van der Waals surface area (Å²) in [6.45, 7) is 4.94. The lowest BCUT2D eigenvalue weighted by atomic mass is 9.66. The van der Waals surface area contributed by atoms with Crippen molar-refractivity contribution in [3.05, 3.63) is 0 Å². The summed E-state index contributed by atoms with van der Waals surface area (Å²) < 4.78 is 0. The molecule has 0 spiro atoms. The highest BCUT2D eigenvalue weighted by Gasteiger charge is 2.42. The summed E-state index contributed by atoms with van der Waals surface area (Å²) in [5, 5.41) is 0. The molecule has 0 saturated heterocycles. The largest absolute Gasteiger partial charge is 0.0651 e. The van der Waals surface area contributed by atoms with Crippen LogP contribution in [0.1, 0.15) is 84.5 Å². The molecule has 0 aromatic rings. The first-order valence-corrected chi connectivity index (χ1v) is 9.29. The molecule has 0 aromatic heterocycles. The number of fused-ring (bicyclic) bond motifs is 1. The lowest BCUT2D eigenvalue weighted by molar-refractivity contribution is 0.110. The normalized spacial score (nSPS) is 44.8. The standard InChI is InChI=1S/C19H34/c1-3-14(2)18-10-6-7-11-19(18)17-12-15-8-4-5-9-16(15)13-17/h14-19H,3-13H2,1-2H3. The molecule has 5 atom stereocenters. The van der Waals surface area contributed by atoms with E-state index in [4.69, 9.17) is 0 Å². The molecule has 3 aliphatic rings. The van der Waals surface area contributed by atoms with Crippen LogP contribution in [0.2, 0.25) is 0 Å². The van der Waals surface area contributed by atoms with Gasteiger partial charge in [-0.25, -0.2) is 0 Å². The molecule has 0 heterocycles. The fourth-order valence-corrected chi connectivity index (χ4v) is 5.91. The molecule has 0 heteroatoms. The molecule has 0 nitrogen and oxygen atoms in total. The molecule has 3 saturated carbocycles. The van der Waals surface area contributed by atoms with Gasteiger partial charge in [-0.1, -0.05) is 58.8 Å². The fourth-order valence-electron chi connectivity index (χ4n) is 5.91. The van der Waals surface area contributed by atoms with Crippen molar-refractivity contribution in [3.8, 4) is 0 Å². The Morgan fingerprint density at radius 2 is 1.37 bits per heavy atom. The van der Waals surface area contributed by atoms with E-state index in [-0.39, 0.29) is 0 Å². The van der Waals surface area contributed by atoms with Gasteiger partial charge >= 0.3 is 0 Å². The molecule has 0 N–H and O–H groups in total. The quantitative estimate of drug-likeness (QED) is 0.580. The van der Waals surface area contributed by atoms with Gasteiger partial charge in [-0.3, -0.25) is 0 Å². The van der Waals surface area contributed by atoms with Crippen molar-refractivity contribution < 1.29 is 0 Å². The summed E-state index contributed by atoms with van der Waals surface area (Å²) in [7, 11) is 0. The molecule has 19 heavy (non-hydrogen) atoms. The number of hydrogen-bond donors (Lipinski definition) is 0. The average Bonchev–Trinajstić information content (AvgIpc) is 2.90. The van der Waals surface area contributed by atoms with Gasteiger partial charge in [0.1, 0.15) is 0 Å². The van der Waals surface area contributed by atoms with Gasteiger partial charge in [0.15, 0.2) is 0 Å². The van der Waals surface area contributed by atoms with E-state index in [9.17, 15) is 0 Å². The van der Waals surface area contributed by atoms with Crippen LogP contribution >= 0.6 is 0 Å². The van der Waals surface area contributed by atoms with Crippen molar-refractivity contribution in [1.82, 2.24) is 0 Å². The SMILES string of the molecule is CCC(C)C1CCCCC1C1CC2CCCCC2C1.